The van der Waals surface area contributed by atoms with E-state index in [2.05, 4.69) is 0 Å². The van der Waals surface area contributed by atoms with E-state index in [0.717, 1.165) is 0 Å². The molecule has 1 aromatic heterocycles. The summed E-state index contributed by atoms with van der Waals surface area (Å²) in [5.41, 5.74) is -0.153. The second kappa shape index (κ2) is 3.31. The van der Waals surface area contributed by atoms with Crippen LogP contribution in [0.15, 0.2) is 23.1 Å². The Labute approximate surface area is 90.7 Å². The van der Waals surface area contributed by atoms with Crippen molar-refractivity contribution in [1.82, 2.24) is 4.57 Å². The molecule has 6 nitrogen and oxygen atoms in total. The van der Waals surface area contributed by atoms with E-state index < -0.39 is 24.5 Å². The van der Waals surface area contributed by atoms with Gasteiger partial charge in [0.05, 0.1) is 6.61 Å². The lowest BCUT2D eigenvalue weighted by atomic mass is 10.1. The molecule has 2 aliphatic heterocycles. The first kappa shape index (κ1) is 9.83. The third-order valence-electron chi connectivity index (χ3n) is 2.94. The van der Waals surface area contributed by atoms with Gasteiger partial charge in [-0.1, -0.05) is 0 Å². The molecule has 0 saturated carbocycles. The fourth-order valence-electron chi connectivity index (χ4n) is 2.14. The van der Waals surface area contributed by atoms with Crippen LogP contribution in [0.4, 0.5) is 0 Å². The minimum Gasteiger partial charge on any atom is -0.468 e. The molecule has 0 unspecified atom stereocenters. The van der Waals surface area contributed by atoms with E-state index >= 15 is 0 Å². The second-order valence-electron chi connectivity index (χ2n) is 3.93. The SMILES string of the molecule is O=c1ccn2c(c1)O[C@H]1[C@H](O)[C@@H](CO)O[C@H]12. The van der Waals surface area contributed by atoms with Crippen LogP contribution in [0, 0.1) is 0 Å². The highest BCUT2D eigenvalue weighted by Crippen LogP contribution is 2.39. The van der Waals surface area contributed by atoms with E-state index in [9.17, 15) is 9.90 Å². The van der Waals surface area contributed by atoms with Crippen molar-refractivity contribution in [3.8, 4) is 5.88 Å². The first-order chi connectivity index (χ1) is 7.70. The average Bonchev–Trinajstić information content (AvgIpc) is 2.75. The number of aromatic nitrogens is 1. The molecule has 0 aromatic carbocycles. The van der Waals surface area contributed by atoms with Crippen LogP contribution in [0.2, 0.25) is 0 Å². The van der Waals surface area contributed by atoms with Crippen LogP contribution in [-0.2, 0) is 4.74 Å². The fourth-order valence-corrected chi connectivity index (χ4v) is 2.14. The van der Waals surface area contributed by atoms with Gasteiger partial charge in [-0.3, -0.25) is 9.36 Å². The minimum absolute atomic E-state index is 0.153. The molecule has 4 atom stereocenters. The Bertz CT molecular complexity index is 471. The van der Waals surface area contributed by atoms with E-state index in [4.69, 9.17) is 14.6 Å². The van der Waals surface area contributed by atoms with Crippen LogP contribution in [0.1, 0.15) is 6.23 Å². The van der Waals surface area contributed by atoms with Crippen molar-refractivity contribution >= 4 is 0 Å². The molecule has 1 fully saturated rings. The maximum absolute atomic E-state index is 11.1. The molecule has 0 amide bonds. The summed E-state index contributed by atoms with van der Waals surface area (Å²) >= 11 is 0. The van der Waals surface area contributed by atoms with Gasteiger partial charge in [-0.2, -0.15) is 0 Å². The van der Waals surface area contributed by atoms with Crippen LogP contribution in [-0.4, -0.2) is 39.7 Å². The maximum Gasteiger partial charge on any atom is 0.200 e. The summed E-state index contributed by atoms with van der Waals surface area (Å²) in [5.74, 6) is 0.387. The Hall–Kier alpha value is -1.37. The molecule has 6 heteroatoms. The average molecular weight is 225 g/mol. The van der Waals surface area contributed by atoms with Gasteiger partial charge in [0.25, 0.3) is 0 Å². The number of aliphatic hydroxyl groups excluding tert-OH is 2. The second-order valence-corrected chi connectivity index (χ2v) is 3.93. The molecular formula is C10H11NO5. The first-order valence-corrected chi connectivity index (χ1v) is 5.04. The summed E-state index contributed by atoms with van der Waals surface area (Å²) in [6, 6.07) is 2.75. The Morgan fingerprint density at radius 3 is 3.06 bits per heavy atom. The zero-order valence-electron chi connectivity index (χ0n) is 8.31. The van der Waals surface area contributed by atoms with E-state index in [1.165, 1.54) is 12.1 Å². The molecule has 1 saturated heterocycles. The number of pyridine rings is 1. The highest BCUT2D eigenvalue weighted by molar-refractivity contribution is 5.20. The topological polar surface area (TPSA) is 80.9 Å². The molecule has 2 aliphatic rings. The number of fused-ring (bicyclic) bond motifs is 3. The summed E-state index contributed by atoms with van der Waals surface area (Å²) < 4.78 is 12.5. The fraction of sp³-hybridized carbons (Fsp3) is 0.500. The smallest absolute Gasteiger partial charge is 0.200 e. The normalized spacial score (nSPS) is 35.6. The predicted octanol–water partition coefficient (Wildman–Crippen LogP) is -1.14. The van der Waals surface area contributed by atoms with Gasteiger partial charge in [0, 0.05) is 18.3 Å². The Kier molecular flexibility index (Phi) is 2.03. The maximum atomic E-state index is 11.1. The van der Waals surface area contributed by atoms with Crippen molar-refractivity contribution in [3.05, 3.63) is 28.6 Å². The van der Waals surface area contributed by atoms with Gasteiger partial charge in [0.2, 0.25) is 0 Å². The number of aliphatic hydroxyl groups is 2. The molecule has 3 rings (SSSR count). The number of ether oxygens (including phenoxy) is 2. The van der Waals surface area contributed by atoms with Gasteiger partial charge in [0.15, 0.2) is 23.6 Å². The van der Waals surface area contributed by atoms with Crippen molar-refractivity contribution in [3.63, 3.8) is 0 Å². The summed E-state index contributed by atoms with van der Waals surface area (Å²) in [5, 5.41) is 18.8. The molecule has 2 N–H and O–H groups in total. The van der Waals surface area contributed by atoms with Crippen LogP contribution < -0.4 is 10.2 Å². The van der Waals surface area contributed by atoms with Crippen LogP contribution in [0.5, 0.6) is 5.88 Å². The number of nitrogens with zero attached hydrogens (tertiary/aromatic N) is 1. The Balaban J connectivity index is 1.99. The number of rotatable bonds is 1. The van der Waals surface area contributed by atoms with Crippen molar-refractivity contribution in [2.45, 2.75) is 24.5 Å². The standard InChI is InChI=1S/C10H11NO5/c12-4-6-8(14)9-10(15-6)11-2-1-5(13)3-7(11)16-9/h1-3,6,8-10,12,14H,4H2/t6-,8-,9+,10-/m1/s1. The monoisotopic (exact) mass is 225 g/mol. The molecule has 16 heavy (non-hydrogen) atoms. The van der Waals surface area contributed by atoms with Crippen LogP contribution in [0.3, 0.4) is 0 Å². The first-order valence-electron chi connectivity index (χ1n) is 5.04. The predicted molar refractivity (Wildman–Crippen MR) is 52.1 cm³/mol. The van der Waals surface area contributed by atoms with Gasteiger partial charge in [-0.15, -0.1) is 0 Å². The zero-order valence-corrected chi connectivity index (χ0v) is 8.31. The molecule has 0 bridgehead atoms. The lowest BCUT2D eigenvalue weighted by Gasteiger charge is -2.14. The third kappa shape index (κ3) is 1.21. The van der Waals surface area contributed by atoms with Gasteiger partial charge in [0.1, 0.15) is 12.2 Å². The van der Waals surface area contributed by atoms with Gasteiger partial charge in [-0.05, 0) is 0 Å². The molecule has 0 radical (unpaired) electrons. The van der Waals surface area contributed by atoms with Gasteiger partial charge < -0.3 is 19.7 Å². The number of hydrogen-bond donors (Lipinski definition) is 2. The van der Waals surface area contributed by atoms with E-state index in [0.29, 0.717) is 5.88 Å². The summed E-state index contributed by atoms with van der Waals surface area (Å²) in [4.78, 5) is 11.1. The van der Waals surface area contributed by atoms with Crippen molar-refractivity contribution < 1.29 is 19.7 Å². The molecule has 0 spiro atoms. The van der Waals surface area contributed by atoms with Gasteiger partial charge in [-0.25, -0.2) is 0 Å². The van der Waals surface area contributed by atoms with Crippen LogP contribution in [0.25, 0.3) is 0 Å². The van der Waals surface area contributed by atoms with Gasteiger partial charge >= 0.3 is 0 Å². The van der Waals surface area contributed by atoms with Crippen molar-refractivity contribution in [2.75, 3.05) is 6.61 Å². The molecule has 1 aromatic rings. The zero-order chi connectivity index (χ0) is 11.3. The van der Waals surface area contributed by atoms with E-state index in [1.54, 1.807) is 10.8 Å². The minimum atomic E-state index is -0.884. The van der Waals surface area contributed by atoms with E-state index in [1.807, 2.05) is 0 Å². The molecule has 0 aliphatic carbocycles. The lowest BCUT2D eigenvalue weighted by molar-refractivity contribution is -0.0432. The summed E-state index contributed by atoms with van der Waals surface area (Å²) in [6.07, 6.45) is -0.983. The lowest BCUT2D eigenvalue weighted by Crippen LogP contribution is -2.34. The largest absolute Gasteiger partial charge is 0.468 e. The molecule has 86 valence electrons. The van der Waals surface area contributed by atoms with E-state index in [-0.39, 0.29) is 12.0 Å². The van der Waals surface area contributed by atoms with Crippen molar-refractivity contribution in [2.24, 2.45) is 0 Å². The Morgan fingerprint density at radius 2 is 2.31 bits per heavy atom. The Morgan fingerprint density at radius 1 is 1.50 bits per heavy atom. The summed E-state index contributed by atoms with van der Waals surface area (Å²) in [7, 11) is 0. The highest BCUT2D eigenvalue weighted by Gasteiger charge is 2.50. The number of hydrogen-bond acceptors (Lipinski definition) is 5. The van der Waals surface area contributed by atoms with Crippen LogP contribution >= 0.6 is 0 Å². The highest BCUT2D eigenvalue weighted by atomic mass is 16.6. The molecule has 3 heterocycles. The third-order valence-corrected chi connectivity index (χ3v) is 2.94. The molecular weight excluding hydrogens is 214 g/mol. The summed E-state index contributed by atoms with van der Waals surface area (Å²) in [6.45, 7) is -0.257. The quantitative estimate of drug-likeness (QED) is 0.631. The van der Waals surface area contributed by atoms with Crippen molar-refractivity contribution in [1.29, 1.82) is 0 Å².